The molecule has 0 bridgehead atoms. The molecular weight excluding hydrogens is 917 g/mol. The molecule has 266 valence electrons. The molecule has 0 atom stereocenters. The molecular formula is C34H26HgN6O10S2. The Balaban J connectivity index is 1.28. The summed E-state index contributed by atoms with van der Waals surface area (Å²) in [6.07, 6.45) is 2.21. The number of nitrogens with one attached hydrogen (secondary N) is 2. The Labute approximate surface area is 314 Å². The second kappa shape index (κ2) is 14.5. The summed E-state index contributed by atoms with van der Waals surface area (Å²) < 4.78 is 74.5. The molecule has 0 aromatic heterocycles. The van der Waals surface area contributed by atoms with E-state index in [-0.39, 0.29) is 33.6 Å². The minimum atomic E-state index is -4.88. The van der Waals surface area contributed by atoms with Crippen LogP contribution >= 0.6 is 0 Å². The molecule has 53 heavy (non-hydrogen) atoms. The number of hydrogen-bond acceptors (Lipinski definition) is 14. The van der Waals surface area contributed by atoms with Gasteiger partial charge in [-0.1, -0.05) is 12.1 Å². The van der Waals surface area contributed by atoms with E-state index in [9.17, 15) is 40.3 Å². The summed E-state index contributed by atoms with van der Waals surface area (Å²) in [6.45, 7) is 1.27. The number of fused-ring (bicyclic) bond motifs is 2. The maximum atomic E-state index is 13.4. The third kappa shape index (κ3) is 7.81. The topological polar surface area (TPSA) is 270 Å². The molecule has 0 amide bonds. The molecule has 0 saturated heterocycles. The van der Waals surface area contributed by atoms with E-state index in [0.29, 0.717) is 25.6 Å². The van der Waals surface area contributed by atoms with Gasteiger partial charge in [-0.25, -0.2) is 0 Å². The zero-order valence-electron chi connectivity index (χ0n) is 27.4. The van der Waals surface area contributed by atoms with Gasteiger partial charge in [-0.2, -0.15) is 8.42 Å². The van der Waals surface area contributed by atoms with Gasteiger partial charge in [0.15, 0.2) is 0 Å². The summed E-state index contributed by atoms with van der Waals surface area (Å²) in [6, 6.07) is 20.6. The van der Waals surface area contributed by atoms with Crippen LogP contribution in [0.15, 0.2) is 98.9 Å². The van der Waals surface area contributed by atoms with Crippen molar-refractivity contribution in [2.45, 2.75) is 6.92 Å². The number of anilines is 4. The third-order valence-electron chi connectivity index (χ3n) is 8.08. The van der Waals surface area contributed by atoms with Crippen LogP contribution in [0.3, 0.4) is 0 Å². The summed E-state index contributed by atoms with van der Waals surface area (Å²) in [5, 5.41) is 8.07. The number of nitrogens with two attached hydrogens (primary N) is 2. The summed E-state index contributed by atoms with van der Waals surface area (Å²) >= 11 is -2.66. The predicted molar refractivity (Wildman–Crippen MR) is 195 cm³/mol. The Morgan fingerprint density at radius 3 is 1.70 bits per heavy atom. The average Bonchev–Trinajstić information content (AvgIpc) is 3.09. The summed E-state index contributed by atoms with van der Waals surface area (Å²) in [5.41, 5.74) is 18.9. The van der Waals surface area contributed by atoms with Crippen molar-refractivity contribution in [1.29, 1.82) is 0 Å². The molecule has 0 heterocycles. The van der Waals surface area contributed by atoms with E-state index < -0.39 is 84.0 Å². The van der Waals surface area contributed by atoms with Gasteiger partial charge in [0, 0.05) is 5.69 Å². The van der Waals surface area contributed by atoms with E-state index in [4.69, 9.17) is 14.1 Å². The molecule has 4 aromatic carbocycles. The number of carbonyl (C=O) groups excluding carboxylic acids is 3. The number of benzene rings is 4. The van der Waals surface area contributed by atoms with E-state index in [1.54, 1.807) is 48.5 Å². The van der Waals surface area contributed by atoms with Crippen LogP contribution in [0.2, 0.25) is 0 Å². The first-order valence-corrected chi connectivity index (χ1v) is 23.2. The molecule has 0 saturated carbocycles. The standard InChI is InChI=1S/C32H23N6O8S2.C2H4O2.Hg/c33-23-5-1-3-19-15-25(47(41,42)43)29(31(39)27(19)23)37-35-21-11-7-17(8-12-21)18-9-13-22(14-10-18)36-38-30-26(48(44,45)46)16-20-4-2-6-24(34)28(20)32(30)40;1-2(3)4;/h1-13,15-16,35-36H,33-34H2,(H,41,42,43)(H,44,45,46);1H3,(H,3,4);/q;;+1/p-1. The Bertz CT molecular complexity index is 2600. The normalized spacial score (nSPS) is 15.5. The van der Waals surface area contributed by atoms with Crippen LogP contribution in [-0.2, 0) is 52.7 Å². The number of carbonyl (C=O) groups is 3. The summed E-state index contributed by atoms with van der Waals surface area (Å²) in [4.78, 5) is 36.9. The Morgan fingerprint density at radius 2 is 1.21 bits per heavy atom. The SMILES string of the molecule is CC(=O)[O][Hg][c]1cc(-c2ccc(NN=C3C(=O)c4c(N)cccc4C=C3S(=O)(=O)O)cc2)ccc1NN=C1C(=O)c2c(N)cccc2C=C1S(=O)(=O)O. The number of allylic oxidation sites excluding steroid dienone is 2. The van der Waals surface area contributed by atoms with Crippen LogP contribution in [0.4, 0.5) is 22.7 Å². The number of rotatable bonds is 9. The van der Waals surface area contributed by atoms with Crippen LogP contribution in [-0.4, -0.2) is 54.9 Å². The van der Waals surface area contributed by atoms with Crippen molar-refractivity contribution in [2.24, 2.45) is 10.2 Å². The Morgan fingerprint density at radius 1 is 0.717 bits per heavy atom. The van der Waals surface area contributed by atoms with Gasteiger partial charge >= 0.3 is 269 Å². The summed E-state index contributed by atoms with van der Waals surface area (Å²) in [5.74, 6) is -2.11. The van der Waals surface area contributed by atoms with Crippen molar-refractivity contribution in [2.75, 3.05) is 22.3 Å². The zero-order chi connectivity index (χ0) is 38.2. The van der Waals surface area contributed by atoms with E-state index in [1.807, 2.05) is 0 Å². The molecule has 2 aliphatic rings. The molecule has 0 radical (unpaired) electrons. The number of hydrogen-bond donors (Lipinski definition) is 6. The third-order valence-corrected chi connectivity index (χ3v) is 15.4. The van der Waals surface area contributed by atoms with Gasteiger partial charge in [0.1, 0.15) is 0 Å². The van der Waals surface area contributed by atoms with Crippen LogP contribution < -0.4 is 25.4 Å². The molecule has 19 heteroatoms. The molecule has 0 spiro atoms. The molecule has 0 unspecified atom stereocenters. The zero-order valence-corrected chi connectivity index (χ0v) is 34.5. The van der Waals surface area contributed by atoms with Gasteiger partial charge in [0.2, 0.25) is 0 Å². The van der Waals surface area contributed by atoms with E-state index in [1.165, 1.54) is 37.3 Å². The van der Waals surface area contributed by atoms with Crippen LogP contribution in [0.25, 0.3) is 23.3 Å². The first-order chi connectivity index (χ1) is 25.0. The van der Waals surface area contributed by atoms with Crippen molar-refractivity contribution in [3.05, 3.63) is 111 Å². The van der Waals surface area contributed by atoms with Crippen LogP contribution in [0, 0.1) is 0 Å². The fourth-order valence-electron chi connectivity index (χ4n) is 5.58. The monoisotopic (exact) mass is 944 g/mol. The quantitative estimate of drug-likeness (QED) is 0.0607. The van der Waals surface area contributed by atoms with Crippen LogP contribution in [0.1, 0.15) is 38.8 Å². The fourth-order valence-corrected chi connectivity index (χ4v) is 10.8. The van der Waals surface area contributed by atoms with Gasteiger partial charge in [-0.15, -0.1) is 0 Å². The number of ketones is 2. The first-order valence-electron chi connectivity index (χ1n) is 15.3. The summed E-state index contributed by atoms with van der Waals surface area (Å²) in [7, 11) is -9.72. The van der Waals surface area contributed by atoms with Crippen molar-refractivity contribution < 1.29 is 68.0 Å². The van der Waals surface area contributed by atoms with Gasteiger partial charge in [0.05, 0.1) is 0 Å². The molecule has 6 rings (SSSR count). The second-order valence-corrected chi connectivity index (χ2v) is 19.6. The van der Waals surface area contributed by atoms with Crippen molar-refractivity contribution in [3.63, 3.8) is 0 Å². The number of nitrogens with zero attached hydrogens (tertiary/aromatic N) is 2. The Hall–Kier alpha value is -5.53. The number of nitrogen functional groups attached to an aromatic ring is 2. The Kier molecular flexibility index (Phi) is 10.2. The predicted octanol–water partition coefficient (Wildman–Crippen LogP) is 3.49. The molecule has 4 aromatic rings. The van der Waals surface area contributed by atoms with Crippen molar-refractivity contribution in [3.8, 4) is 11.1 Å². The molecule has 0 aliphatic heterocycles. The molecule has 8 N–H and O–H groups in total. The molecule has 2 aliphatic carbocycles. The van der Waals surface area contributed by atoms with Crippen LogP contribution in [0.5, 0.6) is 0 Å². The van der Waals surface area contributed by atoms with E-state index in [2.05, 4.69) is 21.1 Å². The van der Waals surface area contributed by atoms with Gasteiger partial charge in [0.25, 0.3) is 0 Å². The van der Waals surface area contributed by atoms with E-state index in [0.717, 1.165) is 12.2 Å². The minimum absolute atomic E-state index is 0.0240. The fraction of sp³-hybridized carbons (Fsp3) is 0.0294. The number of Topliss-reactive ketones (excluding diaryl/α,β-unsaturated/α-hetero) is 2. The van der Waals surface area contributed by atoms with Gasteiger partial charge in [-0.3, -0.25) is 4.55 Å². The average molecular weight is 943 g/mol. The van der Waals surface area contributed by atoms with Gasteiger partial charge < -0.3 is 5.73 Å². The van der Waals surface area contributed by atoms with E-state index >= 15 is 0 Å². The maximum absolute atomic E-state index is 13.4. The number of hydrazone groups is 2. The first kappa shape index (κ1) is 37.2. The van der Waals surface area contributed by atoms with Crippen molar-refractivity contribution in [1.82, 2.24) is 0 Å². The van der Waals surface area contributed by atoms with Gasteiger partial charge in [-0.05, 0) is 11.6 Å². The molecule has 0 fully saturated rings. The molecule has 16 nitrogen and oxygen atoms in total. The second-order valence-electron chi connectivity index (χ2n) is 11.6. The van der Waals surface area contributed by atoms with Crippen molar-refractivity contribution >= 4 is 87.2 Å².